The molecule has 0 bridgehead atoms. The summed E-state index contributed by atoms with van der Waals surface area (Å²) in [5, 5.41) is 6.75. The number of hydrogen-bond acceptors (Lipinski definition) is 5. The van der Waals surface area contributed by atoms with Crippen LogP contribution < -0.4 is 9.64 Å². The van der Waals surface area contributed by atoms with Gasteiger partial charge in [-0.25, -0.2) is 5.10 Å². The lowest BCUT2D eigenvalue weighted by molar-refractivity contribution is -0.141. The smallest absolute Gasteiger partial charge is 0.264 e. The summed E-state index contributed by atoms with van der Waals surface area (Å²) < 4.78 is 6.04. The van der Waals surface area contributed by atoms with E-state index in [0.29, 0.717) is 13.1 Å². The molecule has 1 saturated heterocycles. The summed E-state index contributed by atoms with van der Waals surface area (Å²) in [7, 11) is 0. The van der Waals surface area contributed by atoms with Gasteiger partial charge in [0, 0.05) is 26.2 Å². The topological polar surface area (TPSA) is 74.3 Å². The number of benzene rings is 1. The molecule has 134 valence electrons. The third-order valence-corrected chi connectivity index (χ3v) is 4.39. The molecule has 1 aliphatic rings. The number of piperazine rings is 1. The molecular weight excluding hydrogens is 318 g/mol. The first-order valence-corrected chi connectivity index (χ1v) is 8.67. The van der Waals surface area contributed by atoms with Gasteiger partial charge in [0.2, 0.25) is 5.95 Å². The molecule has 1 N–H and O–H groups in total. The summed E-state index contributed by atoms with van der Waals surface area (Å²) in [5.41, 5.74) is 1.12. The van der Waals surface area contributed by atoms with E-state index >= 15 is 0 Å². The fraction of sp³-hybridized carbons (Fsp3) is 0.500. The standard InChI is InChI=1S/C18H25N5O2/c1-13(2)16(25-15-6-4-5-14(3)11-15)17(24)22-7-9-23(10-8-22)18-19-12-20-21-18/h4-6,11-13,16H,7-10H2,1-3H3,(H,19,20,21). The van der Waals surface area contributed by atoms with E-state index in [9.17, 15) is 4.79 Å². The number of aryl methyl sites for hydroxylation is 1. The molecule has 3 rings (SSSR count). The van der Waals surface area contributed by atoms with Crippen LogP contribution in [0.15, 0.2) is 30.6 Å². The van der Waals surface area contributed by atoms with Crippen molar-refractivity contribution in [2.75, 3.05) is 31.1 Å². The van der Waals surface area contributed by atoms with Gasteiger partial charge in [0.05, 0.1) is 0 Å². The number of ether oxygens (including phenoxy) is 1. The quantitative estimate of drug-likeness (QED) is 0.897. The Balaban J connectivity index is 1.63. The second-order valence-electron chi connectivity index (χ2n) is 6.72. The average Bonchev–Trinajstić information content (AvgIpc) is 3.14. The Morgan fingerprint density at radius 1 is 1.24 bits per heavy atom. The van der Waals surface area contributed by atoms with E-state index in [1.54, 1.807) is 0 Å². The maximum absolute atomic E-state index is 13.0. The second-order valence-corrected chi connectivity index (χ2v) is 6.72. The molecule has 1 amide bonds. The van der Waals surface area contributed by atoms with Gasteiger partial charge in [-0.1, -0.05) is 26.0 Å². The lowest BCUT2D eigenvalue weighted by Gasteiger charge is -2.36. The number of amides is 1. The number of aromatic nitrogens is 3. The molecule has 1 aliphatic heterocycles. The minimum Gasteiger partial charge on any atom is -0.480 e. The van der Waals surface area contributed by atoms with Gasteiger partial charge in [-0.15, -0.1) is 0 Å². The first-order valence-electron chi connectivity index (χ1n) is 8.67. The highest BCUT2D eigenvalue weighted by Gasteiger charge is 2.31. The van der Waals surface area contributed by atoms with Crippen molar-refractivity contribution >= 4 is 11.9 Å². The molecule has 2 heterocycles. The molecule has 7 nitrogen and oxygen atoms in total. The van der Waals surface area contributed by atoms with Gasteiger partial charge >= 0.3 is 0 Å². The maximum Gasteiger partial charge on any atom is 0.264 e. The number of anilines is 1. The Labute approximate surface area is 148 Å². The maximum atomic E-state index is 13.0. The molecule has 1 atom stereocenters. The van der Waals surface area contributed by atoms with Gasteiger partial charge in [0.25, 0.3) is 5.91 Å². The number of rotatable bonds is 5. The van der Waals surface area contributed by atoms with E-state index in [0.717, 1.165) is 30.4 Å². The highest BCUT2D eigenvalue weighted by Crippen LogP contribution is 2.20. The third kappa shape index (κ3) is 4.10. The van der Waals surface area contributed by atoms with Crippen LogP contribution in [0.2, 0.25) is 0 Å². The van der Waals surface area contributed by atoms with E-state index in [1.807, 2.05) is 49.9 Å². The summed E-state index contributed by atoms with van der Waals surface area (Å²) >= 11 is 0. The molecule has 7 heteroatoms. The normalized spacial score (nSPS) is 16.2. The zero-order valence-corrected chi connectivity index (χ0v) is 15.0. The monoisotopic (exact) mass is 343 g/mol. The van der Waals surface area contributed by atoms with Crippen LogP contribution in [0.25, 0.3) is 0 Å². The van der Waals surface area contributed by atoms with Gasteiger partial charge in [-0.05, 0) is 30.5 Å². The van der Waals surface area contributed by atoms with Crippen molar-refractivity contribution in [3.05, 3.63) is 36.2 Å². The summed E-state index contributed by atoms with van der Waals surface area (Å²) in [6.07, 6.45) is 1.02. The number of nitrogens with one attached hydrogen (secondary N) is 1. The average molecular weight is 343 g/mol. The van der Waals surface area contributed by atoms with E-state index in [2.05, 4.69) is 20.1 Å². The number of aromatic amines is 1. The molecule has 1 aromatic carbocycles. The van der Waals surface area contributed by atoms with Crippen LogP contribution in [0, 0.1) is 12.8 Å². The fourth-order valence-corrected chi connectivity index (χ4v) is 2.98. The predicted molar refractivity (Wildman–Crippen MR) is 95.6 cm³/mol. The van der Waals surface area contributed by atoms with Crippen LogP contribution in [-0.4, -0.2) is 58.3 Å². The summed E-state index contributed by atoms with van der Waals surface area (Å²) in [4.78, 5) is 21.1. The Hall–Kier alpha value is -2.57. The van der Waals surface area contributed by atoms with Crippen molar-refractivity contribution in [1.82, 2.24) is 20.1 Å². The van der Waals surface area contributed by atoms with Crippen molar-refractivity contribution in [2.24, 2.45) is 5.92 Å². The number of nitrogens with zero attached hydrogens (tertiary/aromatic N) is 4. The molecule has 25 heavy (non-hydrogen) atoms. The Kier molecular flexibility index (Phi) is 5.21. The van der Waals surface area contributed by atoms with Gasteiger partial charge in [0.15, 0.2) is 6.10 Å². The van der Waals surface area contributed by atoms with Crippen molar-refractivity contribution in [2.45, 2.75) is 26.9 Å². The first-order chi connectivity index (χ1) is 12.0. The number of carbonyl (C=O) groups is 1. The zero-order valence-electron chi connectivity index (χ0n) is 15.0. The Morgan fingerprint density at radius 2 is 2.00 bits per heavy atom. The summed E-state index contributed by atoms with van der Waals surface area (Å²) in [6, 6.07) is 7.83. The van der Waals surface area contributed by atoms with Gasteiger partial charge in [0.1, 0.15) is 12.1 Å². The van der Waals surface area contributed by atoms with E-state index in [-0.39, 0.29) is 11.8 Å². The van der Waals surface area contributed by atoms with Crippen molar-refractivity contribution in [3.63, 3.8) is 0 Å². The lowest BCUT2D eigenvalue weighted by Crippen LogP contribution is -2.53. The highest BCUT2D eigenvalue weighted by molar-refractivity contribution is 5.82. The Bertz CT molecular complexity index is 693. The molecule has 0 spiro atoms. The van der Waals surface area contributed by atoms with E-state index < -0.39 is 6.10 Å². The zero-order chi connectivity index (χ0) is 17.8. The van der Waals surface area contributed by atoms with Gasteiger partial charge in [-0.3, -0.25) is 4.79 Å². The molecule has 1 unspecified atom stereocenters. The van der Waals surface area contributed by atoms with E-state index in [1.165, 1.54) is 6.33 Å². The minimum absolute atomic E-state index is 0.0497. The fourth-order valence-electron chi connectivity index (χ4n) is 2.98. The lowest BCUT2D eigenvalue weighted by atomic mass is 10.1. The molecule has 1 aromatic heterocycles. The minimum atomic E-state index is -0.473. The van der Waals surface area contributed by atoms with Crippen LogP contribution in [0.5, 0.6) is 5.75 Å². The highest BCUT2D eigenvalue weighted by atomic mass is 16.5. The van der Waals surface area contributed by atoms with Crippen LogP contribution in [-0.2, 0) is 4.79 Å². The molecule has 1 fully saturated rings. The number of carbonyl (C=O) groups excluding carboxylic acids is 1. The van der Waals surface area contributed by atoms with Gasteiger partial charge < -0.3 is 14.5 Å². The number of H-pyrrole nitrogens is 1. The van der Waals surface area contributed by atoms with Crippen LogP contribution in [0.1, 0.15) is 19.4 Å². The summed E-state index contributed by atoms with van der Waals surface area (Å²) in [6.45, 7) is 8.82. The molecule has 0 saturated carbocycles. The molecular formula is C18H25N5O2. The largest absolute Gasteiger partial charge is 0.480 e. The van der Waals surface area contributed by atoms with Gasteiger partial charge in [-0.2, -0.15) is 10.1 Å². The van der Waals surface area contributed by atoms with Crippen molar-refractivity contribution in [1.29, 1.82) is 0 Å². The van der Waals surface area contributed by atoms with Crippen LogP contribution in [0.3, 0.4) is 0 Å². The Morgan fingerprint density at radius 3 is 2.60 bits per heavy atom. The SMILES string of the molecule is Cc1cccc(OC(C(=O)N2CCN(c3ncn[nH]3)CC2)C(C)C)c1. The van der Waals surface area contributed by atoms with Crippen molar-refractivity contribution < 1.29 is 9.53 Å². The first kappa shape index (κ1) is 17.3. The molecule has 0 radical (unpaired) electrons. The molecule has 0 aliphatic carbocycles. The predicted octanol–water partition coefficient (Wildman–Crippen LogP) is 1.87. The second kappa shape index (κ2) is 7.55. The third-order valence-electron chi connectivity index (χ3n) is 4.39. The molecule has 2 aromatic rings. The van der Waals surface area contributed by atoms with Crippen LogP contribution >= 0.6 is 0 Å². The van der Waals surface area contributed by atoms with Crippen LogP contribution in [0.4, 0.5) is 5.95 Å². The van der Waals surface area contributed by atoms with E-state index in [4.69, 9.17) is 4.74 Å². The van der Waals surface area contributed by atoms with Crippen molar-refractivity contribution in [3.8, 4) is 5.75 Å². The summed E-state index contributed by atoms with van der Waals surface area (Å²) in [5.74, 6) is 1.64. The number of hydrogen-bond donors (Lipinski definition) is 1.